The number of carbonyl (C=O) groups is 2. The molecular weight excluding hydrogens is 420 g/mol. The fraction of sp³-hybridized carbons (Fsp3) is 0.182. The van der Waals surface area contributed by atoms with Gasteiger partial charge in [-0.1, -0.05) is 59.7 Å². The van der Waals surface area contributed by atoms with Gasteiger partial charge in [0.25, 0.3) is 11.6 Å². The van der Waals surface area contributed by atoms with Crippen LogP contribution >= 0.6 is 0 Å². The molecule has 0 spiro atoms. The van der Waals surface area contributed by atoms with E-state index < -0.39 is 35.3 Å². The molecule has 0 bridgehead atoms. The molecule has 164 valence electrons. The summed E-state index contributed by atoms with van der Waals surface area (Å²) in [5.74, 6) is -6.41. The fourth-order valence-electron chi connectivity index (χ4n) is 2.29. The number of aliphatic hydroxyl groups is 2. The van der Waals surface area contributed by atoms with E-state index in [4.69, 9.17) is 0 Å². The van der Waals surface area contributed by atoms with Crippen LogP contribution in [0.3, 0.4) is 0 Å². The highest BCUT2D eigenvalue weighted by Gasteiger charge is 2.52. The normalized spacial score (nSPS) is 13.2. The first-order valence-electron chi connectivity index (χ1n) is 8.82. The maximum absolute atomic E-state index is 13.9. The smallest absolute Gasteiger partial charge is 0.425 e. The zero-order chi connectivity index (χ0) is 23.4. The second-order valence-corrected chi connectivity index (χ2v) is 6.66. The van der Waals surface area contributed by atoms with Crippen LogP contribution in [0.4, 0.5) is 17.6 Å². The minimum atomic E-state index is -5.13. The van der Waals surface area contributed by atoms with Crippen LogP contribution in [-0.2, 0) is 14.3 Å². The van der Waals surface area contributed by atoms with Crippen molar-refractivity contribution >= 4 is 23.1 Å². The number of alkyl halides is 4. The number of benzene rings is 2. The molecule has 0 unspecified atom stereocenters. The molecule has 0 saturated heterocycles. The van der Waals surface area contributed by atoms with Gasteiger partial charge in [-0.3, -0.25) is 9.59 Å². The third-order valence-electron chi connectivity index (χ3n) is 4.06. The van der Waals surface area contributed by atoms with E-state index in [1.165, 1.54) is 48.5 Å². The van der Waals surface area contributed by atoms with Gasteiger partial charge in [-0.25, -0.2) is 4.74 Å². The van der Waals surface area contributed by atoms with Crippen molar-refractivity contribution in [3.05, 3.63) is 82.9 Å². The molecule has 0 aliphatic heterocycles. The van der Waals surface area contributed by atoms with Crippen molar-refractivity contribution in [3.63, 3.8) is 0 Å². The number of ketones is 2. The van der Waals surface area contributed by atoms with E-state index in [2.05, 4.69) is 4.74 Å². The maximum atomic E-state index is 13.9. The highest BCUT2D eigenvalue weighted by molar-refractivity contribution is 6.01. The summed E-state index contributed by atoms with van der Waals surface area (Å²) < 4.78 is 58.7. The van der Waals surface area contributed by atoms with Crippen LogP contribution in [0.25, 0.3) is 11.5 Å². The minimum absolute atomic E-state index is 0.0106. The Morgan fingerprint density at radius 2 is 1.00 bits per heavy atom. The lowest BCUT2D eigenvalue weighted by atomic mass is 10.1. The zero-order valence-corrected chi connectivity index (χ0v) is 16.4. The van der Waals surface area contributed by atoms with Gasteiger partial charge in [-0.15, -0.1) is 0 Å². The number of ether oxygens (including phenoxy) is 1. The number of hydrogen-bond acceptors (Lipinski definition) is 5. The van der Waals surface area contributed by atoms with Gasteiger partial charge in [-0.2, -0.15) is 17.6 Å². The van der Waals surface area contributed by atoms with Gasteiger partial charge in [0.2, 0.25) is 0 Å². The predicted molar refractivity (Wildman–Crippen MR) is 105 cm³/mol. The van der Waals surface area contributed by atoms with Crippen LogP contribution < -0.4 is 0 Å². The minimum Gasteiger partial charge on any atom is -0.507 e. The first kappa shape index (κ1) is 23.8. The predicted octanol–water partition coefficient (Wildman–Crippen LogP) is 5.14. The van der Waals surface area contributed by atoms with Gasteiger partial charge in [-0.05, 0) is 13.8 Å². The summed E-state index contributed by atoms with van der Waals surface area (Å²) in [6.45, 7) is 3.45. The molecule has 2 aromatic carbocycles. The molecule has 0 heterocycles. The second kappa shape index (κ2) is 9.13. The first-order chi connectivity index (χ1) is 14.3. The maximum Gasteiger partial charge on any atom is 0.425 e. The number of halogens is 4. The van der Waals surface area contributed by atoms with Crippen molar-refractivity contribution in [3.8, 4) is 0 Å². The van der Waals surface area contributed by atoms with Gasteiger partial charge < -0.3 is 10.2 Å². The largest absolute Gasteiger partial charge is 0.507 e. The SMILES string of the molecule is Cc1ccc(/C(O)=C/C(=O)C(F)(F)OC(F)(F)C(=O)/C=C(\O)c2ccc(C)cc2)cc1. The van der Waals surface area contributed by atoms with E-state index in [1.807, 2.05) is 0 Å². The van der Waals surface area contributed by atoms with Crippen LogP contribution in [0.15, 0.2) is 60.7 Å². The Bertz CT molecular complexity index is 939. The molecule has 2 rings (SSSR count). The van der Waals surface area contributed by atoms with Crippen LogP contribution in [0.5, 0.6) is 0 Å². The first-order valence-corrected chi connectivity index (χ1v) is 8.82. The Kier molecular flexibility index (Phi) is 7.02. The summed E-state index contributed by atoms with van der Waals surface area (Å²) >= 11 is 0. The molecule has 0 fully saturated rings. The molecule has 5 nitrogen and oxygen atoms in total. The summed E-state index contributed by atoms with van der Waals surface area (Å²) in [4.78, 5) is 23.3. The van der Waals surface area contributed by atoms with Crippen molar-refractivity contribution in [2.45, 2.75) is 26.1 Å². The molecule has 2 N–H and O–H groups in total. The van der Waals surface area contributed by atoms with E-state index in [0.717, 1.165) is 11.1 Å². The summed E-state index contributed by atoms with van der Waals surface area (Å²) in [5, 5.41) is 19.5. The molecule has 0 aromatic heterocycles. The van der Waals surface area contributed by atoms with Crippen LogP contribution in [-0.4, -0.2) is 34.0 Å². The fourth-order valence-corrected chi connectivity index (χ4v) is 2.29. The molecule has 0 aliphatic rings. The highest BCUT2D eigenvalue weighted by atomic mass is 19.3. The van der Waals surface area contributed by atoms with E-state index in [1.54, 1.807) is 13.8 Å². The van der Waals surface area contributed by atoms with Crippen LogP contribution in [0, 0.1) is 13.8 Å². The Balaban J connectivity index is 2.17. The molecule has 2 aromatic rings. The quantitative estimate of drug-likeness (QED) is 0.339. The van der Waals surface area contributed by atoms with E-state index in [-0.39, 0.29) is 23.3 Å². The summed E-state index contributed by atoms with van der Waals surface area (Å²) in [6.07, 6.45) is -10.2. The molecule has 0 amide bonds. The molecule has 0 atom stereocenters. The average Bonchev–Trinajstić information content (AvgIpc) is 2.68. The molecular formula is C22H18F4O5. The molecule has 0 aliphatic carbocycles. The third kappa shape index (κ3) is 6.26. The summed E-state index contributed by atoms with van der Waals surface area (Å²) in [6, 6.07) is 11.4. The Labute approximate surface area is 174 Å². The molecule has 0 saturated carbocycles. The number of rotatable bonds is 8. The Morgan fingerprint density at radius 1 is 0.710 bits per heavy atom. The van der Waals surface area contributed by atoms with E-state index >= 15 is 0 Å². The van der Waals surface area contributed by atoms with Gasteiger partial charge in [0.05, 0.1) is 0 Å². The summed E-state index contributed by atoms with van der Waals surface area (Å²) in [7, 11) is 0. The van der Waals surface area contributed by atoms with Gasteiger partial charge in [0.15, 0.2) is 0 Å². The monoisotopic (exact) mass is 438 g/mol. The lowest BCUT2D eigenvalue weighted by molar-refractivity contribution is -0.336. The van der Waals surface area contributed by atoms with Gasteiger partial charge in [0.1, 0.15) is 11.5 Å². The lowest BCUT2D eigenvalue weighted by Crippen LogP contribution is -2.42. The Hall–Kier alpha value is -3.46. The van der Waals surface area contributed by atoms with E-state index in [9.17, 15) is 37.4 Å². The van der Waals surface area contributed by atoms with Gasteiger partial charge in [0, 0.05) is 23.3 Å². The lowest BCUT2D eigenvalue weighted by Gasteiger charge is -2.20. The second-order valence-electron chi connectivity index (χ2n) is 6.66. The standard InChI is InChI=1S/C22H18F4O5/c1-13-3-7-15(8-4-13)17(27)11-19(29)21(23,24)31-22(25,26)20(30)12-18(28)16-9-5-14(2)6-10-16/h3-12,27-28H,1-2H3/b17-11-,18-12-. The topological polar surface area (TPSA) is 83.8 Å². The van der Waals surface area contributed by atoms with Crippen molar-refractivity contribution < 1.29 is 42.1 Å². The van der Waals surface area contributed by atoms with Crippen LogP contribution in [0.1, 0.15) is 22.3 Å². The van der Waals surface area contributed by atoms with Crippen molar-refractivity contribution in [1.82, 2.24) is 0 Å². The number of aryl methyl sites for hydroxylation is 2. The highest BCUT2D eigenvalue weighted by Crippen LogP contribution is 2.30. The van der Waals surface area contributed by atoms with Crippen molar-refractivity contribution in [1.29, 1.82) is 0 Å². The average molecular weight is 438 g/mol. The van der Waals surface area contributed by atoms with Crippen LogP contribution in [0.2, 0.25) is 0 Å². The zero-order valence-electron chi connectivity index (χ0n) is 16.4. The Morgan fingerprint density at radius 3 is 1.29 bits per heavy atom. The van der Waals surface area contributed by atoms with Crippen molar-refractivity contribution in [2.75, 3.05) is 0 Å². The van der Waals surface area contributed by atoms with E-state index in [0.29, 0.717) is 0 Å². The molecule has 31 heavy (non-hydrogen) atoms. The van der Waals surface area contributed by atoms with Gasteiger partial charge >= 0.3 is 12.2 Å². The summed E-state index contributed by atoms with van der Waals surface area (Å²) in [5.41, 5.74) is 1.56. The molecule has 9 heteroatoms. The molecule has 0 radical (unpaired) electrons. The third-order valence-corrected chi connectivity index (χ3v) is 4.06. The number of hydrogen-bond donors (Lipinski definition) is 2. The number of aliphatic hydroxyl groups excluding tert-OH is 2. The van der Waals surface area contributed by atoms with Crippen molar-refractivity contribution in [2.24, 2.45) is 0 Å². The number of carbonyl (C=O) groups excluding carboxylic acids is 2.